The molecule has 1 aromatic carbocycles. The molecule has 4 nitrogen and oxygen atoms in total. The van der Waals surface area contributed by atoms with Gasteiger partial charge >= 0.3 is 6.61 Å². The van der Waals surface area contributed by atoms with Gasteiger partial charge in [0.05, 0.1) is 16.6 Å². The summed E-state index contributed by atoms with van der Waals surface area (Å²) in [6.07, 6.45) is 3.87. The van der Waals surface area contributed by atoms with Crippen LogP contribution in [0.2, 0.25) is 0 Å². The molecule has 0 N–H and O–H groups in total. The van der Waals surface area contributed by atoms with Gasteiger partial charge in [0.15, 0.2) is 11.6 Å². The molecule has 1 spiro atoms. The predicted octanol–water partition coefficient (Wildman–Crippen LogP) is 3.99. The molecule has 2 heterocycles. The number of allylic oxidation sites excluding steroid dienone is 2. The summed E-state index contributed by atoms with van der Waals surface area (Å²) in [6, 6.07) is 5.37. The van der Waals surface area contributed by atoms with Gasteiger partial charge in [-0.3, -0.25) is 4.99 Å². The largest absolute Gasteiger partial charge is 0.431 e. The normalized spacial score (nSPS) is 23.8. The first-order chi connectivity index (χ1) is 11.9. The average molecular weight is 410 g/mol. The molecule has 3 aliphatic rings. The summed E-state index contributed by atoms with van der Waals surface area (Å²) in [5.41, 5.74) is 0.812. The molecule has 1 atom stereocenters. The lowest BCUT2D eigenvalue weighted by atomic mass is 9.93. The Bertz CT molecular complexity index is 903. The number of hydrogen-bond acceptors (Lipinski definition) is 4. The number of fused-ring (bicyclic) bond motifs is 3. The van der Waals surface area contributed by atoms with E-state index in [2.05, 4.69) is 25.7 Å². The number of benzene rings is 1. The second kappa shape index (κ2) is 5.63. The van der Waals surface area contributed by atoms with Crippen molar-refractivity contribution in [3.8, 4) is 6.07 Å². The van der Waals surface area contributed by atoms with E-state index in [-0.39, 0.29) is 23.0 Å². The highest BCUT2D eigenvalue weighted by Crippen LogP contribution is 2.47. The topological polar surface area (TPSA) is 48.6 Å². The molecule has 0 fully saturated rings. The van der Waals surface area contributed by atoms with E-state index in [0.717, 1.165) is 5.56 Å². The van der Waals surface area contributed by atoms with Crippen molar-refractivity contribution < 1.29 is 17.9 Å². The van der Waals surface area contributed by atoms with Crippen LogP contribution in [0.25, 0.3) is 0 Å². The van der Waals surface area contributed by atoms with Gasteiger partial charge in [-0.25, -0.2) is 4.39 Å². The minimum absolute atomic E-state index is 0.142. The fourth-order valence-corrected chi connectivity index (χ4v) is 4.01. The van der Waals surface area contributed by atoms with Gasteiger partial charge in [0.1, 0.15) is 17.4 Å². The lowest BCUT2D eigenvalue weighted by Gasteiger charge is -2.25. The van der Waals surface area contributed by atoms with E-state index in [1.807, 2.05) is 12.1 Å². The van der Waals surface area contributed by atoms with Crippen molar-refractivity contribution in [1.82, 2.24) is 4.90 Å². The number of nitriles is 1. The fourth-order valence-electron chi connectivity index (χ4n) is 3.64. The Morgan fingerprint density at radius 1 is 1.40 bits per heavy atom. The Morgan fingerprint density at radius 3 is 2.92 bits per heavy atom. The number of alkyl halides is 2. The van der Waals surface area contributed by atoms with Crippen LogP contribution in [0.4, 0.5) is 13.2 Å². The third kappa shape index (κ3) is 2.45. The Hall–Kier alpha value is -2.27. The molecule has 0 bridgehead atoms. The van der Waals surface area contributed by atoms with Crippen molar-refractivity contribution in [1.29, 1.82) is 5.26 Å². The van der Waals surface area contributed by atoms with Crippen LogP contribution in [0, 0.1) is 17.1 Å². The van der Waals surface area contributed by atoms with Crippen molar-refractivity contribution in [2.45, 2.75) is 25.0 Å². The van der Waals surface area contributed by atoms with Gasteiger partial charge in [0, 0.05) is 12.3 Å². The van der Waals surface area contributed by atoms with E-state index in [0.29, 0.717) is 29.4 Å². The van der Waals surface area contributed by atoms with Gasteiger partial charge in [-0.1, -0.05) is 6.07 Å². The average Bonchev–Trinajstić information content (AvgIpc) is 3.12. The summed E-state index contributed by atoms with van der Waals surface area (Å²) in [4.78, 5) is 6.27. The van der Waals surface area contributed by atoms with E-state index in [1.165, 1.54) is 6.08 Å². The maximum absolute atomic E-state index is 14.4. The molecular weight excluding hydrogens is 399 g/mol. The monoisotopic (exact) mass is 409 g/mol. The highest BCUT2D eigenvalue weighted by molar-refractivity contribution is 9.10. The molecule has 0 saturated heterocycles. The molecule has 0 aromatic heterocycles. The first-order valence-electron chi connectivity index (χ1n) is 7.56. The molecule has 0 radical (unpaired) electrons. The van der Waals surface area contributed by atoms with Crippen molar-refractivity contribution >= 4 is 21.8 Å². The SMILES string of the molecule is N#CC1=CN2C[C@@]3(CCc4c3ccc(Br)c4F)N=C2C(OC(F)F)=C1. The molecule has 25 heavy (non-hydrogen) atoms. The number of rotatable bonds is 2. The van der Waals surface area contributed by atoms with Crippen LogP contribution >= 0.6 is 15.9 Å². The summed E-state index contributed by atoms with van der Waals surface area (Å²) in [7, 11) is 0. The summed E-state index contributed by atoms with van der Waals surface area (Å²) < 4.78 is 44.8. The lowest BCUT2D eigenvalue weighted by Crippen LogP contribution is -2.32. The van der Waals surface area contributed by atoms with Crippen molar-refractivity contribution in [2.24, 2.45) is 4.99 Å². The van der Waals surface area contributed by atoms with Gasteiger partial charge in [-0.15, -0.1) is 0 Å². The third-order valence-corrected chi connectivity index (χ3v) is 5.27. The zero-order chi connectivity index (χ0) is 17.8. The second-order valence-electron chi connectivity index (χ2n) is 6.07. The second-order valence-corrected chi connectivity index (χ2v) is 6.92. The summed E-state index contributed by atoms with van der Waals surface area (Å²) in [5.74, 6) is -0.209. The van der Waals surface area contributed by atoms with E-state index in [4.69, 9.17) is 5.26 Å². The number of ether oxygens (including phenoxy) is 1. The van der Waals surface area contributed by atoms with E-state index >= 15 is 0 Å². The minimum atomic E-state index is -3.02. The third-order valence-electron chi connectivity index (χ3n) is 4.66. The van der Waals surface area contributed by atoms with Gasteiger partial charge in [-0.2, -0.15) is 14.0 Å². The van der Waals surface area contributed by atoms with E-state index in [1.54, 1.807) is 17.2 Å². The smallest absolute Gasteiger partial charge is 0.387 e. The fraction of sp³-hybridized carbons (Fsp3) is 0.294. The first kappa shape index (κ1) is 16.2. The van der Waals surface area contributed by atoms with Gasteiger partial charge in [0.2, 0.25) is 0 Å². The summed E-state index contributed by atoms with van der Waals surface area (Å²) in [6.45, 7) is -2.67. The minimum Gasteiger partial charge on any atom is -0.431 e. The molecule has 1 aliphatic carbocycles. The maximum atomic E-state index is 14.4. The van der Waals surface area contributed by atoms with Crippen molar-refractivity contribution in [2.75, 3.05) is 6.54 Å². The number of amidine groups is 1. The van der Waals surface area contributed by atoms with E-state index in [9.17, 15) is 13.2 Å². The quantitative estimate of drug-likeness (QED) is 0.741. The van der Waals surface area contributed by atoms with Crippen molar-refractivity contribution in [3.05, 3.63) is 57.2 Å². The molecular formula is C17H11BrF3N3O. The van der Waals surface area contributed by atoms with Gasteiger partial charge in [-0.05, 0) is 46.0 Å². The van der Waals surface area contributed by atoms with Crippen LogP contribution in [0.5, 0.6) is 0 Å². The molecule has 128 valence electrons. The highest BCUT2D eigenvalue weighted by Gasteiger charge is 2.47. The Labute approximate surface area is 150 Å². The Balaban J connectivity index is 1.80. The summed E-state index contributed by atoms with van der Waals surface area (Å²) in [5, 5.41) is 9.12. The zero-order valence-electron chi connectivity index (χ0n) is 12.8. The molecule has 4 rings (SSSR count). The zero-order valence-corrected chi connectivity index (χ0v) is 14.4. The van der Waals surface area contributed by atoms with Crippen LogP contribution in [-0.2, 0) is 16.7 Å². The highest BCUT2D eigenvalue weighted by atomic mass is 79.9. The molecule has 2 aliphatic heterocycles. The van der Waals surface area contributed by atoms with Crippen molar-refractivity contribution in [3.63, 3.8) is 0 Å². The standard InChI is InChI=1S/C17H11BrF3N3O/c18-12-2-1-11-10(14(12)19)3-4-17(11)8-24-7-9(6-22)5-13(15(24)23-17)25-16(20)21/h1-2,5,7,16H,3-4,8H2/t17-/m1/s1. The number of aliphatic imine (C=N–C) groups is 1. The van der Waals surface area contributed by atoms with Crippen LogP contribution in [0.3, 0.4) is 0 Å². The molecule has 0 amide bonds. The number of hydrogen-bond donors (Lipinski definition) is 0. The molecule has 0 saturated carbocycles. The Kier molecular flexibility index (Phi) is 3.65. The Morgan fingerprint density at radius 2 is 2.20 bits per heavy atom. The lowest BCUT2D eigenvalue weighted by molar-refractivity contribution is -0.0906. The van der Waals surface area contributed by atoms with E-state index < -0.39 is 12.2 Å². The van der Waals surface area contributed by atoms with Crippen LogP contribution in [0.1, 0.15) is 17.5 Å². The number of halogens is 4. The van der Waals surface area contributed by atoms with Crippen LogP contribution in [-0.4, -0.2) is 23.9 Å². The first-order valence-corrected chi connectivity index (χ1v) is 8.35. The maximum Gasteiger partial charge on any atom is 0.387 e. The molecule has 0 unspecified atom stereocenters. The summed E-state index contributed by atoms with van der Waals surface area (Å²) >= 11 is 3.18. The van der Waals surface area contributed by atoms with Crippen LogP contribution in [0.15, 0.2) is 45.2 Å². The van der Waals surface area contributed by atoms with Gasteiger partial charge in [0.25, 0.3) is 0 Å². The van der Waals surface area contributed by atoms with Crippen LogP contribution < -0.4 is 0 Å². The molecule has 1 aromatic rings. The molecule has 8 heteroatoms. The van der Waals surface area contributed by atoms with Gasteiger partial charge < -0.3 is 9.64 Å². The number of nitrogens with zero attached hydrogens (tertiary/aromatic N) is 3. The predicted molar refractivity (Wildman–Crippen MR) is 87.1 cm³/mol.